The zero-order valence-electron chi connectivity index (χ0n) is 16.1. The number of hydrogen-bond donors (Lipinski definition) is 1. The predicted molar refractivity (Wildman–Crippen MR) is 107 cm³/mol. The van der Waals surface area contributed by atoms with Crippen LogP contribution >= 0.6 is 23.2 Å². The van der Waals surface area contributed by atoms with Crippen molar-refractivity contribution in [3.8, 4) is 0 Å². The zero-order valence-corrected chi connectivity index (χ0v) is 17.6. The molecule has 148 valence electrons. The minimum Gasteiger partial charge on any atom is -0.444 e. The number of piperidine rings is 1. The van der Waals surface area contributed by atoms with Gasteiger partial charge in [0.05, 0.1) is 15.7 Å². The molecule has 0 bridgehead atoms. The van der Waals surface area contributed by atoms with E-state index in [1.54, 1.807) is 17.2 Å². The van der Waals surface area contributed by atoms with E-state index in [9.17, 15) is 4.79 Å². The number of aromatic nitrogens is 2. The largest absolute Gasteiger partial charge is 0.444 e. The number of nitrogens with zero attached hydrogens (tertiary/aromatic N) is 3. The van der Waals surface area contributed by atoms with Gasteiger partial charge in [-0.3, -0.25) is 0 Å². The predicted octanol–water partition coefficient (Wildman–Crippen LogP) is 4.38. The molecule has 1 amide bonds. The molecule has 0 saturated carbocycles. The number of hydrogen-bond acceptors (Lipinski definition) is 4. The number of likely N-dealkylation sites (tertiary alicyclic amines) is 1. The van der Waals surface area contributed by atoms with Crippen molar-refractivity contribution >= 4 is 34.9 Å². The van der Waals surface area contributed by atoms with E-state index < -0.39 is 5.60 Å². The van der Waals surface area contributed by atoms with Crippen LogP contribution in [0, 0.1) is 5.92 Å². The van der Waals surface area contributed by atoms with Crippen molar-refractivity contribution in [2.75, 3.05) is 13.1 Å². The molecule has 1 aliphatic rings. The quantitative estimate of drug-likeness (QED) is 0.812. The first kappa shape index (κ1) is 20.2. The fourth-order valence-electron chi connectivity index (χ4n) is 3.34. The van der Waals surface area contributed by atoms with Crippen LogP contribution in [0.4, 0.5) is 4.79 Å². The summed E-state index contributed by atoms with van der Waals surface area (Å²) in [6.07, 6.45) is 4.36. The molecule has 3 rings (SSSR count). The van der Waals surface area contributed by atoms with Gasteiger partial charge in [0.25, 0.3) is 0 Å². The van der Waals surface area contributed by atoms with Gasteiger partial charge in [-0.1, -0.05) is 30.1 Å². The molecule has 1 saturated heterocycles. The van der Waals surface area contributed by atoms with Crippen molar-refractivity contribution in [1.82, 2.24) is 19.6 Å². The molecule has 0 aliphatic carbocycles. The molecule has 0 aromatic carbocycles. The first-order valence-electron chi connectivity index (χ1n) is 9.16. The summed E-state index contributed by atoms with van der Waals surface area (Å²) >= 11 is 12.2. The second-order valence-corrected chi connectivity index (χ2v) is 8.99. The van der Waals surface area contributed by atoms with E-state index in [4.69, 9.17) is 27.9 Å². The highest BCUT2D eigenvalue weighted by molar-refractivity contribution is 6.36. The summed E-state index contributed by atoms with van der Waals surface area (Å²) in [5, 5.41) is 4.67. The molecule has 1 aliphatic heterocycles. The van der Waals surface area contributed by atoms with Crippen molar-refractivity contribution in [2.24, 2.45) is 5.92 Å². The molecule has 8 heteroatoms. The Morgan fingerprint density at radius 1 is 1.37 bits per heavy atom. The van der Waals surface area contributed by atoms with E-state index >= 15 is 0 Å². The number of fused-ring (bicyclic) bond motifs is 1. The number of amides is 1. The number of pyridine rings is 1. The normalized spacial score (nSPS) is 20.9. The van der Waals surface area contributed by atoms with Gasteiger partial charge in [0, 0.05) is 38.1 Å². The summed E-state index contributed by atoms with van der Waals surface area (Å²) in [4.78, 5) is 18.6. The highest BCUT2D eigenvalue weighted by Crippen LogP contribution is 2.23. The van der Waals surface area contributed by atoms with Gasteiger partial charge < -0.3 is 19.4 Å². The third-order valence-electron chi connectivity index (χ3n) is 4.63. The average molecular weight is 413 g/mol. The average Bonchev–Trinajstić information content (AvgIpc) is 2.95. The summed E-state index contributed by atoms with van der Waals surface area (Å²) in [5.41, 5.74) is 1.13. The standard InChI is InChI=1S/C19H26Cl2N4O2/c1-12-9-24(18(26)27-19(2,3)4)6-5-16(12)22-8-14-11-25-10-13(20)7-15(21)17(25)23-14/h7,10-12,16,22H,5-6,8-9H2,1-4H3/t12-,16+/m0/s1. The molecular weight excluding hydrogens is 387 g/mol. The monoisotopic (exact) mass is 412 g/mol. The summed E-state index contributed by atoms with van der Waals surface area (Å²) in [6.45, 7) is 9.80. The Labute approximate surface area is 169 Å². The molecule has 3 heterocycles. The molecule has 1 N–H and O–H groups in total. The van der Waals surface area contributed by atoms with Crippen LogP contribution in [0.15, 0.2) is 18.5 Å². The summed E-state index contributed by atoms with van der Waals surface area (Å²) < 4.78 is 7.32. The lowest BCUT2D eigenvalue weighted by Gasteiger charge is -2.37. The number of carbonyl (C=O) groups is 1. The Balaban J connectivity index is 1.57. The molecule has 2 aromatic rings. The fourth-order valence-corrected chi connectivity index (χ4v) is 3.86. The second-order valence-electron chi connectivity index (χ2n) is 8.15. The van der Waals surface area contributed by atoms with Crippen LogP contribution in [-0.2, 0) is 11.3 Å². The number of rotatable bonds is 3. The Kier molecular flexibility index (Phi) is 5.89. The van der Waals surface area contributed by atoms with Crippen LogP contribution in [0.3, 0.4) is 0 Å². The van der Waals surface area contributed by atoms with E-state index in [0.29, 0.717) is 47.3 Å². The van der Waals surface area contributed by atoms with Crippen LogP contribution in [0.1, 0.15) is 39.8 Å². The summed E-state index contributed by atoms with van der Waals surface area (Å²) in [5.74, 6) is 0.321. The van der Waals surface area contributed by atoms with Crippen molar-refractivity contribution in [3.63, 3.8) is 0 Å². The van der Waals surface area contributed by atoms with Gasteiger partial charge in [0.2, 0.25) is 0 Å². The molecular formula is C19H26Cl2N4O2. The maximum Gasteiger partial charge on any atom is 0.410 e. The van der Waals surface area contributed by atoms with E-state index in [1.807, 2.05) is 31.4 Å². The number of carbonyl (C=O) groups excluding carboxylic acids is 1. The van der Waals surface area contributed by atoms with Crippen LogP contribution in [0.25, 0.3) is 5.65 Å². The third kappa shape index (κ3) is 5.06. The van der Waals surface area contributed by atoms with E-state index in [2.05, 4.69) is 17.2 Å². The van der Waals surface area contributed by atoms with Crippen LogP contribution in [0.5, 0.6) is 0 Å². The molecule has 1 fully saturated rings. The Hall–Kier alpha value is -1.50. The van der Waals surface area contributed by atoms with Crippen molar-refractivity contribution in [3.05, 3.63) is 34.2 Å². The maximum atomic E-state index is 12.3. The number of halogens is 2. The van der Waals surface area contributed by atoms with Gasteiger partial charge in [0.15, 0.2) is 5.65 Å². The number of nitrogens with one attached hydrogen (secondary N) is 1. The Morgan fingerprint density at radius 2 is 2.11 bits per heavy atom. The molecule has 6 nitrogen and oxygen atoms in total. The minimum absolute atomic E-state index is 0.236. The van der Waals surface area contributed by atoms with Gasteiger partial charge in [0.1, 0.15) is 5.60 Å². The summed E-state index contributed by atoms with van der Waals surface area (Å²) in [7, 11) is 0. The van der Waals surface area contributed by atoms with Crippen LogP contribution in [-0.4, -0.2) is 45.1 Å². The van der Waals surface area contributed by atoms with Crippen LogP contribution in [0.2, 0.25) is 10.0 Å². The highest BCUT2D eigenvalue weighted by Gasteiger charge is 2.31. The van der Waals surface area contributed by atoms with Gasteiger partial charge in [-0.05, 0) is 39.2 Å². The van der Waals surface area contributed by atoms with E-state index in [1.165, 1.54) is 0 Å². The molecule has 2 aromatic heterocycles. The van der Waals surface area contributed by atoms with Gasteiger partial charge in [-0.25, -0.2) is 9.78 Å². The Bertz CT molecular complexity index is 831. The van der Waals surface area contributed by atoms with Crippen LogP contribution < -0.4 is 5.32 Å². The topological polar surface area (TPSA) is 58.9 Å². The maximum absolute atomic E-state index is 12.3. The summed E-state index contributed by atoms with van der Waals surface area (Å²) in [6, 6.07) is 2.00. The molecule has 0 radical (unpaired) electrons. The van der Waals surface area contributed by atoms with E-state index in [-0.39, 0.29) is 6.09 Å². The van der Waals surface area contributed by atoms with E-state index in [0.717, 1.165) is 12.1 Å². The zero-order chi connectivity index (χ0) is 19.8. The second kappa shape index (κ2) is 7.86. The van der Waals surface area contributed by atoms with Crippen molar-refractivity contribution < 1.29 is 9.53 Å². The first-order chi connectivity index (χ1) is 12.6. The molecule has 0 unspecified atom stereocenters. The molecule has 0 spiro atoms. The van der Waals surface area contributed by atoms with Gasteiger partial charge in [-0.15, -0.1) is 0 Å². The van der Waals surface area contributed by atoms with Crippen molar-refractivity contribution in [1.29, 1.82) is 0 Å². The number of imidazole rings is 1. The molecule has 2 atom stereocenters. The highest BCUT2D eigenvalue weighted by atomic mass is 35.5. The minimum atomic E-state index is -0.470. The SMILES string of the molecule is C[C@H]1CN(C(=O)OC(C)(C)C)CC[C@H]1NCc1cn2cc(Cl)cc(Cl)c2n1. The smallest absolute Gasteiger partial charge is 0.410 e. The lowest BCUT2D eigenvalue weighted by molar-refractivity contribution is 0.0143. The lowest BCUT2D eigenvalue weighted by Crippen LogP contribution is -2.51. The lowest BCUT2D eigenvalue weighted by atomic mass is 9.94. The van der Waals surface area contributed by atoms with Crippen molar-refractivity contribution in [2.45, 2.75) is 52.3 Å². The Morgan fingerprint density at radius 3 is 2.78 bits per heavy atom. The third-order valence-corrected chi connectivity index (χ3v) is 5.11. The fraction of sp³-hybridized carbons (Fsp3) is 0.579. The first-order valence-corrected chi connectivity index (χ1v) is 9.92. The molecule has 27 heavy (non-hydrogen) atoms. The number of ether oxygens (including phenoxy) is 1. The van der Waals surface area contributed by atoms with Gasteiger partial charge in [-0.2, -0.15) is 0 Å². The van der Waals surface area contributed by atoms with Gasteiger partial charge >= 0.3 is 6.09 Å².